The molecule has 9 heteroatoms. The molecule has 1 N–H and O–H groups in total. The molecule has 1 heterocycles. The lowest BCUT2D eigenvalue weighted by Crippen LogP contribution is -2.33. The fourth-order valence-electron chi connectivity index (χ4n) is 4.32. The molecule has 2 amide bonds. The number of rotatable bonds is 9. The van der Waals surface area contributed by atoms with Gasteiger partial charge in [0.05, 0.1) is 16.8 Å². The highest BCUT2D eigenvalue weighted by Crippen LogP contribution is 2.32. The number of halogens is 1. The van der Waals surface area contributed by atoms with Crippen molar-refractivity contribution >= 4 is 46.7 Å². The van der Waals surface area contributed by atoms with Crippen molar-refractivity contribution in [3.8, 4) is 5.75 Å². The van der Waals surface area contributed by atoms with Gasteiger partial charge in [-0.3, -0.25) is 9.59 Å². The van der Waals surface area contributed by atoms with Crippen LogP contribution in [0.1, 0.15) is 38.8 Å². The lowest BCUT2D eigenvalue weighted by molar-refractivity contribution is -0.120. The highest BCUT2D eigenvalue weighted by molar-refractivity contribution is 6.53. The van der Waals surface area contributed by atoms with Gasteiger partial charge in [-0.25, -0.2) is 14.5 Å². The van der Waals surface area contributed by atoms with Gasteiger partial charge < -0.3 is 14.8 Å². The lowest BCUT2D eigenvalue weighted by atomic mass is 10.1. The molecule has 0 bridgehead atoms. The number of benzene rings is 4. The number of ether oxygens (including phenoxy) is 2. The molecule has 0 atom stereocenters. The molecule has 8 nitrogen and oxygen atoms in total. The number of para-hydroxylation sites is 1. The summed E-state index contributed by atoms with van der Waals surface area (Å²) in [5.74, 6) is -2.04. The second kappa shape index (κ2) is 12.5. The predicted octanol–water partition coefficient (Wildman–Crippen LogP) is 6.26. The van der Waals surface area contributed by atoms with Crippen LogP contribution in [0.4, 0.5) is 11.4 Å². The van der Waals surface area contributed by atoms with Gasteiger partial charge in [0.15, 0.2) is 0 Å². The molecule has 42 heavy (non-hydrogen) atoms. The Hall–Kier alpha value is -5.21. The zero-order valence-electron chi connectivity index (χ0n) is 22.5. The van der Waals surface area contributed by atoms with Crippen LogP contribution < -0.4 is 15.0 Å². The van der Waals surface area contributed by atoms with Gasteiger partial charge in [0.1, 0.15) is 23.1 Å². The molecular weight excluding hydrogens is 556 g/mol. The molecule has 0 fully saturated rings. The normalized spacial score (nSPS) is 12.9. The van der Waals surface area contributed by atoms with Crippen LogP contribution in [0.3, 0.4) is 0 Å². The van der Waals surface area contributed by atoms with Crippen LogP contribution in [-0.2, 0) is 27.4 Å². The van der Waals surface area contributed by atoms with E-state index >= 15 is 0 Å². The number of imide groups is 1. The predicted molar refractivity (Wildman–Crippen MR) is 158 cm³/mol. The molecule has 1 aliphatic heterocycles. The summed E-state index contributed by atoms with van der Waals surface area (Å²) < 4.78 is 10.7. The van der Waals surface area contributed by atoms with Gasteiger partial charge in [0.2, 0.25) is 0 Å². The van der Waals surface area contributed by atoms with Crippen molar-refractivity contribution in [2.45, 2.75) is 20.0 Å². The minimum Gasteiger partial charge on any atom is -0.457 e. The quantitative estimate of drug-likeness (QED) is 0.142. The fraction of sp³-hybridized carbons (Fsp3) is 0.0909. The van der Waals surface area contributed by atoms with E-state index in [1.807, 2.05) is 49.4 Å². The maximum absolute atomic E-state index is 13.1. The maximum Gasteiger partial charge on any atom is 0.343 e. The molecule has 0 saturated heterocycles. The SMILES string of the molecule is CCc1ccccc1N1C(=O)C(Cl)=C(Nc2ccc(C(=O)Oc3ccc(C(=O)OCc4ccccc4)cc3)cc2)C1=O. The molecule has 0 aromatic heterocycles. The van der Waals surface area contributed by atoms with Gasteiger partial charge in [-0.1, -0.05) is 67.1 Å². The molecule has 210 valence electrons. The number of nitrogens with zero attached hydrogens (tertiary/aromatic N) is 1. The summed E-state index contributed by atoms with van der Waals surface area (Å²) in [6.45, 7) is 2.09. The Morgan fingerprint density at radius 2 is 1.38 bits per heavy atom. The van der Waals surface area contributed by atoms with E-state index in [1.54, 1.807) is 24.3 Å². The fourth-order valence-corrected chi connectivity index (χ4v) is 4.54. The summed E-state index contributed by atoms with van der Waals surface area (Å²) in [7, 11) is 0. The molecule has 0 saturated carbocycles. The van der Waals surface area contributed by atoms with Gasteiger partial charge in [0.25, 0.3) is 11.8 Å². The summed E-state index contributed by atoms with van der Waals surface area (Å²) >= 11 is 6.26. The van der Waals surface area contributed by atoms with Crippen molar-refractivity contribution in [2.75, 3.05) is 10.2 Å². The Morgan fingerprint density at radius 1 is 0.762 bits per heavy atom. The van der Waals surface area contributed by atoms with Crippen LogP contribution in [0.2, 0.25) is 0 Å². The van der Waals surface area contributed by atoms with Crippen molar-refractivity contribution in [1.82, 2.24) is 0 Å². The van der Waals surface area contributed by atoms with E-state index < -0.39 is 23.8 Å². The third kappa shape index (κ3) is 6.09. The lowest BCUT2D eigenvalue weighted by Gasteiger charge is -2.18. The maximum atomic E-state index is 13.1. The Morgan fingerprint density at radius 3 is 2.07 bits per heavy atom. The van der Waals surface area contributed by atoms with Crippen molar-refractivity contribution in [2.24, 2.45) is 0 Å². The van der Waals surface area contributed by atoms with E-state index in [9.17, 15) is 19.2 Å². The summed E-state index contributed by atoms with van der Waals surface area (Å²) in [6, 6.07) is 28.7. The monoisotopic (exact) mass is 580 g/mol. The average molecular weight is 581 g/mol. The van der Waals surface area contributed by atoms with Gasteiger partial charge in [-0.05, 0) is 72.1 Å². The summed E-state index contributed by atoms with van der Waals surface area (Å²) in [5.41, 5.74) is 3.17. The number of esters is 2. The first-order valence-electron chi connectivity index (χ1n) is 13.1. The van der Waals surface area contributed by atoms with Crippen LogP contribution in [0, 0.1) is 0 Å². The zero-order chi connectivity index (χ0) is 29.6. The van der Waals surface area contributed by atoms with Gasteiger partial charge >= 0.3 is 11.9 Å². The first kappa shape index (κ1) is 28.3. The van der Waals surface area contributed by atoms with Crippen molar-refractivity contribution < 1.29 is 28.7 Å². The molecule has 1 aliphatic rings. The first-order valence-corrected chi connectivity index (χ1v) is 13.5. The van der Waals surface area contributed by atoms with E-state index in [1.165, 1.54) is 36.4 Å². The molecule has 0 spiro atoms. The number of anilines is 2. The smallest absolute Gasteiger partial charge is 0.343 e. The minimum atomic E-state index is -0.618. The molecule has 0 unspecified atom stereocenters. The number of nitrogens with one attached hydrogen (secondary N) is 1. The van der Waals surface area contributed by atoms with E-state index in [2.05, 4.69) is 5.32 Å². The highest BCUT2D eigenvalue weighted by atomic mass is 35.5. The molecule has 0 aliphatic carbocycles. The third-order valence-electron chi connectivity index (χ3n) is 6.54. The Labute approximate surface area is 247 Å². The summed E-state index contributed by atoms with van der Waals surface area (Å²) in [4.78, 5) is 52.0. The van der Waals surface area contributed by atoms with Crippen molar-refractivity contribution in [3.05, 3.63) is 136 Å². The molecular formula is C33H25ClN2O6. The standard InChI is InChI=1S/C33H25ClN2O6/c1-2-22-10-6-7-11-27(22)36-30(37)28(34)29(31(36)38)35-25-16-12-24(13-17-25)33(40)42-26-18-14-23(15-19-26)32(39)41-20-21-8-4-3-5-9-21/h3-19,35H,2,20H2,1H3. The third-order valence-corrected chi connectivity index (χ3v) is 6.89. The second-order valence-corrected chi connectivity index (χ2v) is 9.67. The largest absolute Gasteiger partial charge is 0.457 e. The highest BCUT2D eigenvalue weighted by Gasteiger charge is 2.39. The van der Waals surface area contributed by atoms with Gasteiger partial charge in [-0.15, -0.1) is 0 Å². The van der Waals surface area contributed by atoms with Crippen LogP contribution in [-0.4, -0.2) is 23.8 Å². The number of amides is 2. The van der Waals surface area contributed by atoms with E-state index in [0.717, 1.165) is 16.0 Å². The van der Waals surface area contributed by atoms with Crippen molar-refractivity contribution in [3.63, 3.8) is 0 Å². The number of carbonyl (C=O) groups is 4. The number of carbonyl (C=O) groups excluding carboxylic acids is 4. The molecule has 4 aromatic rings. The Balaban J connectivity index is 1.19. The van der Waals surface area contributed by atoms with Crippen LogP contribution in [0.25, 0.3) is 0 Å². The van der Waals surface area contributed by atoms with E-state index in [0.29, 0.717) is 23.4 Å². The Bertz CT molecular complexity index is 1680. The molecule has 0 radical (unpaired) electrons. The number of hydrogen-bond acceptors (Lipinski definition) is 7. The molecule has 5 rings (SSSR count). The number of aryl methyl sites for hydroxylation is 1. The van der Waals surface area contributed by atoms with Crippen LogP contribution in [0.5, 0.6) is 5.75 Å². The second-order valence-electron chi connectivity index (χ2n) is 9.29. The summed E-state index contributed by atoms with van der Waals surface area (Å²) in [6.07, 6.45) is 0.636. The summed E-state index contributed by atoms with van der Waals surface area (Å²) in [5, 5.41) is 2.68. The van der Waals surface area contributed by atoms with Crippen LogP contribution in [0.15, 0.2) is 114 Å². The molecule has 4 aromatic carbocycles. The first-order chi connectivity index (χ1) is 20.4. The average Bonchev–Trinajstić information content (AvgIpc) is 3.23. The minimum absolute atomic E-state index is 0.0507. The Kier molecular flexibility index (Phi) is 8.45. The topological polar surface area (TPSA) is 102 Å². The number of hydrogen-bond donors (Lipinski definition) is 1. The van der Waals surface area contributed by atoms with Crippen LogP contribution >= 0.6 is 11.6 Å². The van der Waals surface area contributed by atoms with Crippen molar-refractivity contribution in [1.29, 1.82) is 0 Å². The van der Waals surface area contributed by atoms with E-state index in [4.69, 9.17) is 21.1 Å². The zero-order valence-corrected chi connectivity index (χ0v) is 23.3. The van der Waals surface area contributed by atoms with Gasteiger partial charge in [-0.2, -0.15) is 0 Å². The van der Waals surface area contributed by atoms with E-state index in [-0.39, 0.29) is 28.6 Å². The van der Waals surface area contributed by atoms with Gasteiger partial charge in [0, 0.05) is 5.69 Å².